The van der Waals surface area contributed by atoms with Crippen molar-refractivity contribution in [3.8, 4) is 0 Å². The van der Waals surface area contributed by atoms with Crippen molar-refractivity contribution in [1.29, 1.82) is 0 Å². The molecule has 0 saturated heterocycles. The van der Waals surface area contributed by atoms with Crippen LogP contribution in [-0.2, 0) is 4.74 Å². The first-order chi connectivity index (χ1) is 7.63. The van der Waals surface area contributed by atoms with Crippen molar-refractivity contribution in [2.75, 3.05) is 20.3 Å². The van der Waals surface area contributed by atoms with E-state index in [0.29, 0.717) is 25.1 Å². The molecule has 0 spiro atoms. The quantitative estimate of drug-likeness (QED) is 0.615. The summed E-state index contributed by atoms with van der Waals surface area (Å²) < 4.78 is 6.01. The Morgan fingerprint density at radius 2 is 2.50 bits per heavy atom. The van der Waals surface area contributed by atoms with E-state index in [1.807, 2.05) is 11.4 Å². The second-order valence-corrected chi connectivity index (χ2v) is 6.66. The van der Waals surface area contributed by atoms with Crippen LogP contribution >= 0.6 is 45.5 Å². The monoisotopic (exact) mass is 373 g/mol. The number of thiophene rings is 1. The first kappa shape index (κ1) is 14.2. The number of alkyl halides is 1. The smallest absolute Gasteiger partial charge is 0.252 e. The lowest BCUT2D eigenvalue weighted by Crippen LogP contribution is -2.26. The second-order valence-electron chi connectivity index (χ2n) is 3.24. The zero-order valence-corrected chi connectivity index (χ0v) is 12.6. The van der Waals surface area contributed by atoms with Gasteiger partial charge >= 0.3 is 0 Å². The van der Waals surface area contributed by atoms with Gasteiger partial charge in [-0.3, -0.25) is 4.79 Å². The number of methoxy groups -OCH3 is 1. The standard InChI is InChI=1S/C10H13ClINO2S/c1-15-5-8(11)2-3-13-10(14)7-4-9(12)16-6-7/h4,6,8H,2-3,5H2,1H3,(H,13,14). The van der Waals surface area contributed by atoms with Gasteiger partial charge in [0.15, 0.2) is 0 Å². The number of carbonyl (C=O) groups is 1. The molecule has 1 N–H and O–H groups in total. The number of halogens is 2. The van der Waals surface area contributed by atoms with Gasteiger partial charge in [-0.2, -0.15) is 0 Å². The Balaban J connectivity index is 2.25. The van der Waals surface area contributed by atoms with Crippen LogP contribution in [0.15, 0.2) is 11.4 Å². The van der Waals surface area contributed by atoms with E-state index in [0.717, 1.165) is 2.88 Å². The number of ether oxygens (including phenoxy) is 1. The zero-order valence-electron chi connectivity index (χ0n) is 8.83. The van der Waals surface area contributed by atoms with Gasteiger partial charge in [0, 0.05) is 19.0 Å². The van der Waals surface area contributed by atoms with Crippen LogP contribution in [0.1, 0.15) is 16.8 Å². The predicted octanol–water partition coefficient (Wildman–Crippen LogP) is 2.73. The molecule has 1 heterocycles. The molecular formula is C10H13ClINO2S. The number of hydrogen-bond donors (Lipinski definition) is 1. The molecule has 0 aliphatic rings. The molecule has 1 aromatic rings. The minimum Gasteiger partial charge on any atom is -0.383 e. The Morgan fingerprint density at radius 1 is 1.75 bits per heavy atom. The maximum atomic E-state index is 11.6. The van der Waals surface area contributed by atoms with E-state index in [2.05, 4.69) is 27.9 Å². The third-order valence-corrected chi connectivity index (χ3v) is 4.05. The summed E-state index contributed by atoms with van der Waals surface area (Å²) in [6, 6.07) is 1.87. The third kappa shape index (κ3) is 4.99. The van der Waals surface area contributed by atoms with Crippen molar-refractivity contribution in [3.63, 3.8) is 0 Å². The summed E-state index contributed by atoms with van der Waals surface area (Å²) in [5.41, 5.74) is 0.715. The SMILES string of the molecule is COCC(Cl)CCNC(=O)c1csc(I)c1. The molecule has 0 fully saturated rings. The number of rotatable bonds is 6. The highest BCUT2D eigenvalue weighted by Gasteiger charge is 2.08. The lowest BCUT2D eigenvalue weighted by molar-refractivity contribution is 0.0952. The van der Waals surface area contributed by atoms with Gasteiger partial charge in [0.1, 0.15) is 0 Å². The molecule has 0 aliphatic heterocycles. The number of hydrogen-bond acceptors (Lipinski definition) is 3. The molecule has 1 amide bonds. The molecule has 1 unspecified atom stereocenters. The highest BCUT2D eigenvalue weighted by atomic mass is 127. The van der Waals surface area contributed by atoms with E-state index >= 15 is 0 Å². The van der Waals surface area contributed by atoms with Crippen LogP contribution in [0.3, 0.4) is 0 Å². The molecular weight excluding hydrogens is 361 g/mol. The van der Waals surface area contributed by atoms with E-state index in [4.69, 9.17) is 16.3 Å². The summed E-state index contributed by atoms with van der Waals surface area (Å²) in [5, 5.41) is 4.63. The predicted molar refractivity (Wildman–Crippen MR) is 75.5 cm³/mol. The number of nitrogens with one attached hydrogen (secondary N) is 1. The summed E-state index contributed by atoms with van der Waals surface area (Å²) in [6.45, 7) is 1.08. The minimum absolute atomic E-state index is 0.0413. The normalized spacial score (nSPS) is 12.4. The van der Waals surface area contributed by atoms with E-state index in [-0.39, 0.29) is 11.3 Å². The molecule has 90 valence electrons. The van der Waals surface area contributed by atoms with Crippen LogP contribution in [0.2, 0.25) is 0 Å². The summed E-state index contributed by atoms with van der Waals surface area (Å²) >= 11 is 9.69. The maximum absolute atomic E-state index is 11.6. The van der Waals surface area contributed by atoms with E-state index in [9.17, 15) is 4.79 Å². The highest BCUT2D eigenvalue weighted by molar-refractivity contribution is 14.1. The average molecular weight is 374 g/mol. The van der Waals surface area contributed by atoms with Crippen LogP contribution in [0.4, 0.5) is 0 Å². The molecule has 1 atom stereocenters. The molecule has 0 saturated carbocycles. The van der Waals surface area contributed by atoms with Crippen molar-refractivity contribution in [3.05, 3.63) is 19.9 Å². The van der Waals surface area contributed by atoms with Crippen LogP contribution in [0.25, 0.3) is 0 Å². The van der Waals surface area contributed by atoms with Gasteiger partial charge in [-0.15, -0.1) is 22.9 Å². The van der Waals surface area contributed by atoms with Crippen molar-refractivity contribution in [2.45, 2.75) is 11.8 Å². The lowest BCUT2D eigenvalue weighted by atomic mass is 10.3. The summed E-state index contributed by atoms with van der Waals surface area (Å²) in [6.07, 6.45) is 0.711. The van der Waals surface area contributed by atoms with E-state index < -0.39 is 0 Å². The van der Waals surface area contributed by atoms with Gasteiger partial charge in [-0.25, -0.2) is 0 Å². The number of amides is 1. The molecule has 0 aromatic carbocycles. The Labute approximate surface area is 118 Å². The van der Waals surface area contributed by atoms with Gasteiger partial charge in [-0.1, -0.05) is 0 Å². The fraction of sp³-hybridized carbons (Fsp3) is 0.500. The highest BCUT2D eigenvalue weighted by Crippen LogP contribution is 2.16. The van der Waals surface area contributed by atoms with Gasteiger partial charge < -0.3 is 10.1 Å². The second kappa shape index (κ2) is 7.47. The number of carbonyl (C=O) groups excluding carboxylic acids is 1. The van der Waals surface area contributed by atoms with E-state index in [1.165, 1.54) is 0 Å². The Kier molecular flexibility index (Phi) is 6.64. The maximum Gasteiger partial charge on any atom is 0.252 e. The molecule has 0 radical (unpaired) electrons. The minimum atomic E-state index is -0.0482. The van der Waals surface area contributed by atoms with Crippen LogP contribution in [0.5, 0.6) is 0 Å². The topological polar surface area (TPSA) is 38.3 Å². The summed E-state index contributed by atoms with van der Waals surface area (Å²) in [4.78, 5) is 11.6. The fourth-order valence-electron chi connectivity index (χ4n) is 1.14. The summed E-state index contributed by atoms with van der Waals surface area (Å²) in [5.74, 6) is -0.0413. The molecule has 16 heavy (non-hydrogen) atoms. The van der Waals surface area contributed by atoms with Gasteiger partial charge in [0.2, 0.25) is 0 Å². The fourth-order valence-corrected chi connectivity index (χ4v) is 2.70. The molecule has 0 aliphatic carbocycles. The first-order valence-electron chi connectivity index (χ1n) is 4.78. The Bertz CT molecular complexity index is 345. The average Bonchev–Trinajstić information content (AvgIpc) is 2.65. The van der Waals surface area contributed by atoms with Crippen molar-refractivity contribution in [1.82, 2.24) is 5.32 Å². The van der Waals surface area contributed by atoms with Crippen LogP contribution in [-0.4, -0.2) is 31.5 Å². The van der Waals surface area contributed by atoms with Crippen molar-refractivity contribution < 1.29 is 9.53 Å². The lowest BCUT2D eigenvalue weighted by Gasteiger charge is -2.08. The van der Waals surface area contributed by atoms with Gasteiger partial charge in [-0.05, 0) is 35.1 Å². The molecule has 3 nitrogen and oxygen atoms in total. The molecule has 1 aromatic heterocycles. The van der Waals surface area contributed by atoms with Crippen molar-refractivity contribution >= 4 is 51.4 Å². The van der Waals surface area contributed by atoms with Gasteiger partial charge in [0.05, 0.1) is 20.4 Å². The van der Waals surface area contributed by atoms with Crippen LogP contribution in [0, 0.1) is 2.88 Å². The molecule has 0 bridgehead atoms. The van der Waals surface area contributed by atoms with Crippen molar-refractivity contribution in [2.24, 2.45) is 0 Å². The largest absolute Gasteiger partial charge is 0.383 e. The zero-order chi connectivity index (χ0) is 12.0. The third-order valence-electron chi connectivity index (χ3n) is 1.92. The first-order valence-corrected chi connectivity index (χ1v) is 7.18. The molecule has 6 heteroatoms. The van der Waals surface area contributed by atoms with E-state index in [1.54, 1.807) is 18.4 Å². The van der Waals surface area contributed by atoms with Gasteiger partial charge in [0.25, 0.3) is 5.91 Å². The van der Waals surface area contributed by atoms with Crippen LogP contribution < -0.4 is 5.32 Å². The Hall–Kier alpha value is 0.150. The Morgan fingerprint density at radius 3 is 3.06 bits per heavy atom. The molecule has 1 rings (SSSR count). The summed E-state index contributed by atoms with van der Waals surface area (Å²) in [7, 11) is 1.61.